The zero-order valence-electron chi connectivity index (χ0n) is 13.5. The van der Waals surface area contributed by atoms with E-state index in [1.165, 1.54) is 11.1 Å². The standard InChI is InChI=1S/C17H28N2O2/c1-4-19(10-11-21-5-2)16-9-7-13-6-8-14(20-3)12-15(13)17(16)18/h6,8,12,16-17H,4-5,7,9-11,18H2,1-3H3. The third-order valence-electron chi connectivity index (χ3n) is 4.44. The van der Waals surface area contributed by atoms with Crippen LogP contribution in [0.4, 0.5) is 0 Å². The molecule has 0 fully saturated rings. The molecule has 2 unspecified atom stereocenters. The fourth-order valence-corrected chi connectivity index (χ4v) is 3.22. The smallest absolute Gasteiger partial charge is 0.119 e. The highest BCUT2D eigenvalue weighted by Crippen LogP contribution is 2.33. The Hall–Kier alpha value is -1.10. The van der Waals surface area contributed by atoms with Crippen molar-refractivity contribution in [2.75, 3.05) is 33.4 Å². The lowest BCUT2D eigenvalue weighted by Crippen LogP contribution is -2.46. The number of nitrogens with two attached hydrogens (primary N) is 1. The fraction of sp³-hybridized carbons (Fsp3) is 0.647. The second kappa shape index (κ2) is 7.78. The summed E-state index contributed by atoms with van der Waals surface area (Å²) >= 11 is 0. The van der Waals surface area contributed by atoms with Gasteiger partial charge in [-0.2, -0.15) is 0 Å². The van der Waals surface area contributed by atoms with Crippen LogP contribution in [-0.4, -0.2) is 44.4 Å². The zero-order valence-corrected chi connectivity index (χ0v) is 13.5. The lowest BCUT2D eigenvalue weighted by Gasteiger charge is -2.39. The van der Waals surface area contributed by atoms with E-state index in [0.29, 0.717) is 6.04 Å². The number of ether oxygens (including phenoxy) is 2. The molecule has 4 nitrogen and oxygen atoms in total. The number of hydrogen-bond donors (Lipinski definition) is 1. The van der Waals surface area contributed by atoms with Crippen LogP contribution in [0.5, 0.6) is 5.75 Å². The summed E-state index contributed by atoms with van der Waals surface area (Å²) < 4.78 is 10.8. The lowest BCUT2D eigenvalue weighted by atomic mass is 9.83. The maximum absolute atomic E-state index is 6.56. The number of methoxy groups -OCH3 is 1. The average Bonchev–Trinajstić information content (AvgIpc) is 2.52. The highest BCUT2D eigenvalue weighted by Gasteiger charge is 2.30. The monoisotopic (exact) mass is 292 g/mol. The van der Waals surface area contributed by atoms with Gasteiger partial charge in [0.25, 0.3) is 0 Å². The number of aryl methyl sites for hydroxylation is 1. The topological polar surface area (TPSA) is 47.7 Å². The molecule has 0 saturated carbocycles. The summed E-state index contributed by atoms with van der Waals surface area (Å²) in [7, 11) is 1.70. The number of nitrogens with zero attached hydrogens (tertiary/aromatic N) is 1. The van der Waals surface area contributed by atoms with Gasteiger partial charge >= 0.3 is 0 Å². The van der Waals surface area contributed by atoms with E-state index in [0.717, 1.165) is 44.9 Å². The normalized spacial score (nSPS) is 21.4. The summed E-state index contributed by atoms with van der Waals surface area (Å²) in [6.07, 6.45) is 2.20. The van der Waals surface area contributed by atoms with E-state index in [-0.39, 0.29) is 6.04 Å². The van der Waals surface area contributed by atoms with Crippen molar-refractivity contribution in [2.45, 2.75) is 38.8 Å². The minimum atomic E-state index is 0.0467. The molecule has 1 aliphatic carbocycles. The summed E-state index contributed by atoms with van der Waals surface area (Å²) in [5, 5.41) is 0. The Balaban J connectivity index is 2.11. The van der Waals surface area contributed by atoms with E-state index in [1.54, 1.807) is 7.11 Å². The van der Waals surface area contributed by atoms with Crippen LogP contribution < -0.4 is 10.5 Å². The van der Waals surface area contributed by atoms with Crippen molar-refractivity contribution in [2.24, 2.45) is 5.73 Å². The van der Waals surface area contributed by atoms with E-state index in [1.807, 2.05) is 13.0 Å². The van der Waals surface area contributed by atoms with Gasteiger partial charge in [-0.1, -0.05) is 13.0 Å². The molecular weight excluding hydrogens is 264 g/mol. The molecule has 2 N–H and O–H groups in total. The van der Waals surface area contributed by atoms with Crippen LogP contribution >= 0.6 is 0 Å². The predicted octanol–water partition coefficient (Wildman–Crippen LogP) is 2.37. The fourth-order valence-electron chi connectivity index (χ4n) is 3.22. The Labute approximate surface area is 128 Å². The van der Waals surface area contributed by atoms with Gasteiger partial charge in [-0.25, -0.2) is 0 Å². The van der Waals surface area contributed by atoms with Gasteiger partial charge in [-0.3, -0.25) is 4.90 Å². The minimum absolute atomic E-state index is 0.0467. The molecule has 21 heavy (non-hydrogen) atoms. The third kappa shape index (κ3) is 3.76. The highest BCUT2D eigenvalue weighted by atomic mass is 16.5. The maximum Gasteiger partial charge on any atom is 0.119 e. The molecule has 0 aromatic heterocycles. The molecule has 2 atom stereocenters. The Morgan fingerprint density at radius 2 is 2.14 bits per heavy atom. The maximum atomic E-state index is 6.56. The Bertz CT molecular complexity index is 450. The Morgan fingerprint density at radius 3 is 2.81 bits per heavy atom. The van der Waals surface area contributed by atoms with E-state index in [9.17, 15) is 0 Å². The number of rotatable bonds is 7. The number of hydrogen-bond acceptors (Lipinski definition) is 4. The zero-order chi connectivity index (χ0) is 15.2. The molecule has 0 spiro atoms. The van der Waals surface area contributed by atoms with Crippen LogP contribution in [0.3, 0.4) is 0 Å². The second-order valence-electron chi connectivity index (χ2n) is 5.52. The van der Waals surface area contributed by atoms with Gasteiger partial charge < -0.3 is 15.2 Å². The van der Waals surface area contributed by atoms with Gasteiger partial charge in [0.15, 0.2) is 0 Å². The van der Waals surface area contributed by atoms with E-state index >= 15 is 0 Å². The van der Waals surface area contributed by atoms with Crippen LogP contribution in [0.25, 0.3) is 0 Å². The molecule has 2 rings (SSSR count). The summed E-state index contributed by atoms with van der Waals surface area (Å²) in [6.45, 7) is 7.73. The molecule has 0 aliphatic heterocycles. The van der Waals surface area contributed by atoms with E-state index in [2.05, 4.69) is 24.0 Å². The van der Waals surface area contributed by atoms with Crippen molar-refractivity contribution >= 4 is 0 Å². The molecule has 1 aromatic rings. The van der Waals surface area contributed by atoms with Crippen molar-refractivity contribution in [3.8, 4) is 5.75 Å². The van der Waals surface area contributed by atoms with Crippen molar-refractivity contribution in [3.05, 3.63) is 29.3 Å². The van der Waals surface area contributed by atoms with Crippen molar-refractivity contribution in [1.29, 1.82) is 0 Å². The molecule has 1 aliphatic rings. The van der Waals surface area contributed by atoms with Crippen LogP contribution in [0.2, 0.25) is 0 Å². The van der Waals surface area contributed by atoms with Crippen molar-refractivity contribution < 1.29 is 9.47 Å². The molecule has 1 aromatic carbocycles. The van der Waals surface area contributed by atoms with Gasteiger partial charge in [0, 0.05) is 25.2 Å². The molecule has 0 heterocycles. The van der Waals surface area contributed by atoms with E-state index < -0.39 is 0 Å². The number of fused-ring (bicyclic) bond motifs is 1. The summed E-state index contributed by atoms with van der Waals surface area (Å²) in [5.74, 6) is 0.891. The molecule has 118 valence electrons. The molecule has 0 bridgehead atoms. The van der Waals surface area contributed by atoms with Crippen LogP contribution in [-0.2, 0) is 11.2 Å². The van der Waals surface area contributed by atoms with Gasteiger partial charge in [-0.05, 0) is 49.6 Å². The number of likely N-dealkylation sites (N-methyl/N-ethyl adjacent to an activating group) is 1. The SMILES string of the molecule is CCOCCN(CC)C1CCc2ccc(OC)cc2C1N. The first-order valence-electron chi connectivity index (χ1n) is 7.95. The molecule has 0 radical (unpaired) electrons. The quantitative estimate of drug-likeness (QED) is 0.784. The minimum Gasteiger partial charge on any atom is -0.497 e. The van der Waals surface area contributed by atoms with Gasteiger partial charge in [-0.15, -0.1) is 0 Å². The molecule has 0 saturated heterocycles. The van der Waals surface area contributed by atoms with Gasteiger partial charge in [0.1, 0.15) is 5.75 Å². The first-order chi connectivity index (χ1) is 10.2. The second-order valence-corrected chi connectivity index (χ2v) is 5.52. The largest absolute Gasteiger partial charge is 0.497 e. The number of benzene rings is 1. The first kappa shape index (κ1) is 16.3. The average molecular weight is 292 g/mol. The Morgan fingerprint density at radius 1 is 1.33 bits per heavy atom. The van der Waals surface area contributed by atoms with Crippen molar-refractivity contribution in [3.63, 3.8) is 0 Å². The van der Waals surface area contributed by atoms with Gasteiger partial charge in [0.05, 0.1) is 13.7 Å². The summed E-state index contributed by atoms with van der Waals surface area (Å²) in [5.41, 5.74) is 9.15. The first-order valence-corrected chi connectivity index (χ1v) is 7.95. The molecule has 4 heteroatoms. The van der Waals surface area contributed by atoms with Crippen molar-refractivity contribution in [1.82, 2.24) is 4.90 Å². The summed E-state index contributed by atoms with van der Waals surface area (Å²) in [4.78, 5) is 2.45. The van der Waals surface area contributed by atoms with Crippen LogP contribution in [0.15, 0.2) is 18.2 Å². The molecular formula is C17H28N2O2. The highest BCUT2D eigenvalue weighted by molar-refractivity contribution is 5.40. The summed E-state index contributed by atoms with van der Waals surface area (Å²) in [6, 6.07) is 6.71. The lowest BCUT2D eigenvalue weighted by molar-refractivity contribution is 0.0845. The molecule has 0 amide bonds. The van der Waals surface area contributed by atoms with Crippen LogP contribution in [0.1, 0.15) is 37.4 Å². The third-order valence-corrected chi connectivity index (χ3v) is 4.44. The van der Waals surface area contributed by atoms with Crippen LogP contribution in [0, 0.1) is 0 Å². The van der Waals surface area contributed by atoms with Gasteiger partial charge in [0.2, 0.25) is 0 Å². The Kier molecular flexibility index (Phi) is 6.03. The van der Waals surface area contributed by atoms with E-state index in [4.69, 9.17) is 15.2 Å². The predicted molar refractivity (Wildman–Crippen MR) is 85.8 cm³/mol.